The molecular weight excluding hydrogens is 132 g/mol. The Labute approximate surface area is 59.2 Å². The molecule has 0 aliphatic rings. The van der Waals surface area contributed by atoms with Crippen molar-refractivity contribution in [1.82, 2.24) is 0 Å². The zero-order chi connectivity index (χ0) is 7.40. The zero-order valence-corrected chi connectivity index (χ0v) is 5.78. The highest BCUT2D eigenvalue weighted by atomic mass is 16.5. The molecule has 1 atom stereocenters. The predicted octanol–water partition coefficient (Wildman–Crippen LogP) is 0.959. The summed E-state index contributed by atoms with van der Waals surface area (Å²) in [7, 11) is 1.53. The maximum Gasteiger partial charge on any atom is 0.138 e. The van der Waals surface area contributed by atoms with Crippen molar-refractivity contribution < 1.29 is 14.3 Å². The smallest absolute Gasteiger partial charge is 0.138 e. The van der Waals surface area contributed by atoms with Crippen LogP contribution < -0.4 is 0 Å². The molecule has 0 saturated carbocycles. The fourth-order valence-electron chi connectivity index (χ4n) is 0.755. The first-order valence-corrected chi connectivity index (χ1v) is 3.05. The van der Waals surface area contributed by atoms with E-state index in [1.54, 1.807) is 18.4 Å². The number of hydrogen-bond donors (Lipinski definition) is 1. The predicted molar refractivity (Wildman–Crippen MR) is 35.5 cm³/mol. The minimum Gasteiger partial charge on any atom is -0.466 e. The molecular formula is C7H10O3. The van der Waals surface area contributed by atoms with Gasteiger partial charge in [0.05, 0.1) is 12.9 Å². The van der Waals surface area contributed by atoms with Crippen molar-refractivity contribution in [2.75, 3.05) is 13.7 Å². The lowest BCUT2D eigenvalue weighted by Crippen LogP contribution is -2.04. The van der Waals surface area contributed by atoms with E-state index in [2.05, 4.69) is 0 Å². The molecule has 0 amide bonds. The molecule has 10 heavy (non-hydrogen) atoms. The topological polar surface area (TPSA) is 42.6 Å². The third-order valence-corrected chi connectivity index (χ3v) is 1.31. The summed E-state index contributed by atoms with van der Waals surface area (Å²) in [5.41, 5.74) is 0. The second-order valence-electron chi connectivity index (χ2n) is 1.92. The summed E-state index contributed by atoms with van der Waals surface area (Å²) >= 11 is 0. The van der Waals surface area contributed by atoms with Crippen LogP contribution in [0.1, 0.15) is 11.9 Å². The fourth-order valence-corrected chi connectivity index (χ4v) is 0.755. The number of ether oxygens (including phenoxy) is 1. The summed E-state index contributed by atoms with van der Waals surface area (Å²) in [6, 6.07) is 3.53. The second kappa shape index (κ2) is 3.39. The van der Waals surface area contributed by atoms with E-state index >= 15 is 0 Å². The number of furan rings is 1. The largest absolute Gasteiger partial charge is 0.466 e. The second-order valence-corrected chi connectivity index (χ2v) is 1.92. The van der Waals surface area contributed by atoms with Gasteiger partial charge in [-0.2, -0.15) is 0 Å². The van der Waals surface area contributed by atoms with Gasteiger partial charge in [-0.25, -0.2) is 0 Å². The van der Waals surface area contributed by atoms with Gasteiger partial charge in [-0.05, 0) is 12.1 Å². The van der Waals surface area contributed by atoms with E-state index in [-0.39, 0.29) is 12.7 Å². The Morgan fingerprint density at radius 2 is 2.60 bits per heavy atom. The average Bonchev–Trinajstić information content (AvgIpc) is 2.43. The molecule has 0 spiro atoms. The lowest BCUT2D eigenvalue weighted by Gasteiger charge is -2.07. The molecule has 0 unspecified atom stereocenters. The Morgan fingerprint density at radius 3 is 3.00 bits per heavy atom. The minimum absolute atomic E-state index is 0.0516. The minimum atomic E-state index is -0.324. The van der Waals surface area contributed by atoms with Crippen LogP contribution in [0.2, 0.25) is 0 Å². The fraction of sp³-hybridized carbons (Fsp3) is 0.429. The van der Waals surface area contributed by atoms with Crippen molar-refractivity contribution in [1.29, 1.82) is 0 Å². The van der Waals surface area contributed by atoms with Gasteiger partial charge in [-0.1, -0.05) is 0 Å². The van der Waals surface area contributed by atoms with Gasteiger partial charge in [0.1, 0.15) is 11.9 Å². The maximum absolute atomic E-state index is 8.71. The summed E-state index contributed by atoms with van der Waals surface area (Å²) in [6.45, 7) is -0.0516. The third-order valence-electron chi connectivity index (χ3n) is 1.31. The molecule has 0 radical (unpaired) electrons. The Kier molecular flexibility index (Phi) is 2.48. The highest BCUT2D eigenvalue weighted by Crippen LogP contribution is 2.15. The lowest BCUT2D eigenvalue weighted by molar-refractivity contribution is 0.0334. The van der Waals surface area contributed by atoms with Crippen molar-refractivity contribution in [2.45, 2.75) is 6.10 Å². The molecule has 0 aliphatic heterocycles. The number of methoxy groups -OCH3 is 1. The molecule has 0 saturated heterocycles. The highest BCUT2D eigenvalue weighted by molar-refractivity contribution is 5.01. The van der Waals surface area contributed by atoms with E-state index < -0.39 is 0 Å². The molecule has 1 heterocycles. The molecule has 1 aromatic heterocycles. The molecule has 1 rings (SSSR count). The monoisotopic (exact) mass is 142 g/mol. The molecule has 1 N–H and O–H groups in total. The van der Waals surface area contributed by atoms with E-state index in [0.717, 1.165) is 0 Å². The summed E-state index contributed by atoms with van der Waals surface area (Å²) in [4.78, 5) is 0. The van der Waals surface area contributed by atoms with Crippen molar-refractivity contribution in [3.05, 3.63) is 24.2 Å². The van der Waals surface area contributed by atoms with E-state index in [1.807, 2.05) is 0 Å². The third kappa shape index (κ3) is 1.37. The first-order chi connectivity index (χ1) is 4.88. The Balaban J connectivity index is 2.64. The van der Waals surface area contributed by atoms with Crippen molar-refractivity contribution >= 4 is 0 Å². The Morgan fingerprint density at radius 1 is 1.80 bits per heavy atom. The number of hydrogen-bond acceptors (Lipinski definition) is 3. The molecule has 0 bridgehead atoms. The lowest BCUT2D eigenvalue weighted by atomic mass is 10.3. The van der Waals surface area contributed by atoms with Crippen LogP contribution in [0.25, 0.3) is 0 Å². The van der Waals surface area contributed by atoms with Gasteiger partial charge >= 0.3 is 0 Å². The van der Waals surface area contributed by atoms with Crippen molar-refractivity contribution in [3.8, 4) is 0 Å². The number of rotatable bonds is 3. The molecule has 56 valence electrons. The van der Waals surface area contributed by atoms with E-state index in [4.69, 9.17) is 14.3 Å². The summed E-state index contributed by atoms with van der Waals surface area (Å²) < 4.78 is 9.89. The molecule has 3 heteroatoms. The number of aliphatic hydroxyl groups is 1. The van der Waals surface area contributed by atoms with Gasteiger partial charge in [0, 0.05) is 7.11 Å². The van der Waals surface area contributed by atoms with Crippen LogP contribution in [0.15, 0.2) is 22.8 Å². The van der Waals surface area contributed by atoms with Crippen molar-refractivity contribution in [2.24, 2.45) is 0 Å². The normalized spacial score (nSPS) is 13.4. The van der Waals surface area contributed by atoms with Gasteiger partial charge < -0.3 is 14.3 Å². The van der Waals surface area contributed by atoms with Crippen LogP contribution in [-0.2, 0) is 4.74 Å². The van der Waals surface area contributed by atoms with E-state index in [0.29, 0.717) is 5.76 Å². The van der Waals surface area contributed by atoms with Crippen LogP contribution in [0.4, 0.5) is 0 Å². The standard InChI is InChI=1S/C7H10O3/c1-9-7(5-8)6-3-2-4-10-6/h2-4,7-8H,5H2,1H3/t7-/m0/s1. The first-order valence-electron chi connectivity index (χ1n) is 3.05. The van der Waals surface area contributed by atoms with Gasteiger partial charge in [0.25, 0.3) is 0 Å². The van der Waals surface area contributed by atoms with Gasteiger partial charge in [-0.15, -0.1) is 0 Å². The van der Waals surface area contributed by atoms with Crippen LogP contribution in [-0.4, -0.2) is 18.8 Å². The molecule has 1 aromatic rings. The molecule has 0 aromatic carbocycles. The highest BCUT2D eigenvalue weighted by Gasteiger charge is 2.10. The zero-order valence-electron chi connectivity index (χ0n) is 5.78. The summed E-state index contributed by atoms with van der Waals surface area (Å²) in [6.07, 6.45) is 1.23. The van der Waals surface area contributed by atoms with Crippen molar-refractivity contribution in [3.63, 3.8) is 0 Å². The van der Waals surface area contributed by atoms with E-state index in [9.17, 15) is 0 Å². The van der Waals surface area contributed by atoms with Crippen LogP contribution in [0.5, 0.6) is 0 Å². The SMILES string of the molecule is CO[C@@H](CO)c1ccco1. The number of aliphatic hydroxyl groups excluding tert-OH is 1. The first kappa shape index (κ1) is 7.31. The van der Waals surface area contributed by atoms with Gasteiger partial charge in [0.15, 0.2) is 0 Å². The van der Waals surface area contributed by atoms with E-state index in [1.165, 1.54) is 7.11 Å². The van der Waals surface area contributed by atoms with Gasteiger partial charge in [0.2, 0.25) is 0 Å². The van der Waals surface area contributed by atoms with Crippen LogP contribution in [0, 0.1) is 0 Å². The molecule has 0 fully saturated rings. The Bertz CT molecular complexity index is 165. The quantitative estimate of drug-likeness (QED) is 0.683. The summed E-state index contributed by atoms with van der Waals surface area (Å²) in [5, 5.41) is 8.71. The van der Waals surface area contributed by atoms with Crippen LogP contribution >= 0.6 is 0 Å². The Hall–Kier alpha value is -0.800. The molecule has 3 nitrogen and oxygen atoms in total. The van der Waals surface area contributed by atoms with Gasteiger partial charge in [-0.3, -0.25) is 0 Å². The molecule has 0 aliphatic carbocycles. The maximum atomic E-state index is 8.71. The average molecular weight is 142 g/mol. The van der Waals surface area contributed by atoms with Crippen LogP contribution in [0.3, 0.4) is 0 Å². The summed E-state index contributed by atoms with van der Waals surface area (Å²) in [5.74, 6) is 0.657.